The number of hydrogen-bond donors (Lipinski definition) is 6. The van der Waals surface area contributed by atoms with Crippen LogP contribution in [0.2, 0.25) is 15.1 Å². The molecule has 3 aromatic carbocycles. The van der Waals surface area contributed by atoms with Gasteiger partial charge < -0.3 is 55.9 Å². The number of urea groups is 1. The molecular weight excluding hydrogens is 1800 g/mol. The number of primary sulfonamides is 1. The van der Waals surface area contributed by atoms with Gasteiger partial charge in [-0.25, -0.2) is 54.9 Å². The van der Waals surface area contributed by atoms with Crippen molar-refractivity contribution in [1.29, 1.82) is 0 Å². The van der Waals surface area contributed by atoms with Crippen LogP contribution in [0.1, 0.15) is 147 Å². The lowest BCUT2D eigenvalue weighted by Gasteiger charge is -2.16. The molecule has 0 saturated heterocycles. The lowest BCUT2D eigenvalue weighted by Crippen LogP contribution is -2.35. The van der Waals surface area contributed by atoms with Gasteiger partial charge in [-0.1, -0.05) is 78.8 Å². The van der Waals surface area contributed by atoms with Crippen molar-refractivity contribution in [1.82, 2.24) is 65.1 Å². The van der Waals surface area contributed by atoms with E-state index in [1.165, 1.54) is 142 Å². The highest BCUT2D eigenvalue weighted by molar-refractivity contribution is 9.10. The Morgan fingerprint density at radius 2 is 0.965 bits per heavy atom. The molecule has 0 radical (unpaired) electrons. The number of benzene rings is 3. The molecule has 0 bridgehead atoms. The van der Waals surface area contributed by atoms with Crippen molar-refractivity contribution in [3.8, 4) is 35.1 Å². The summed E-state index contributed by atoms with van der Waals surface area (Å²) in [5.41, 5.74) is 19.0. The van der Waals surface area contributed by atoms with E-state index in [2.05, 4.69) is 101 Å². The van der Waals surface area contributed by atoms with E-state index in [1.807, 2.05) is 15.4 Å². The molecule has 0 spiro atoms. The highest BCUT2D eigenvalue weighted by atomic mass is 79.9. The summed E-state index contributed by atoms with van der Waals surface area (Å²) in [6.07, 6.45) is 36.3. The molecule has 31 nitrogen and oxygen atoms in total. The average molecular weight is 1890 g/mol. The van der Waals surface area contributed by atoms with Crippen molar-refractivity contribution in [3.63, 3.8) is 0 Å². The second kappa shape index (κ2) is 43.3. The number of fused-ring (bicyclic) bond motifs is 9. The van der Waals surface area contributed by atoms with Gasteiger partial charge in [0, 0.05) is 72.0 Å². The molecule has 0 unspecified atom stereocenters. The van der Waals surface area contributed by atoms with Crippen LogP contribution in [-0.4, -0.2) is 142 Å². The SMILES string of the molecule is BrCCCCBr.Brc1cnn2c1OCCCC2.N.NS(=O)(=O)c1cnn2c1OCCCC2.Nc1c2c(cc3c1CCC3)CCC2.O.O=C(Nc1c2c(cc3c1CCC3)CCC2)NS(=O)(=O)c1cnn2c1OCCCC2.O=C1C=CNC1.O=S(=O)(Oc1c(Cl)cc(Cl)cc1Cl)c1cnn2c1OCCCC2.c1cc2n(n1)CCCCO2. The number of nitrogen functional groups attached to an aromatic ring is 1. The number of halogens is 6. The molecule has 12 N–H and O–H groups in total. The van der Waals surface area contributed by atoms with Crippen LogP contribution in [0.5, 0.6) is 35.1 Å². The fraction of sp³-hybridized carbons (Fsp3) is 0.500. The minimum Gasteiger partial charge on any atom is -0.478 e. The number of aryl methyl sites for hydroxylation is 9. The lowest BCUT2D eigenvalue weighted by atomic mass is 9.99. The number of carbonyl (C=O) groups excluding carboxylic acids is 2. The monoisotopic (exact) mass is 1890 g/mol. The van der Waals surface area contributed by atoms with Gasteiger partial charge in [0.1, 0.15) is 0 Å². The second-order valence-electron chi connectivity index (χ2n) is 27.4. The Morgan fingerprint density at radius 1 is 0.544 bits per heavy atom. The number of aromatic nitrogens is 10. The number of alkyl halides is 2. The van der Waals surface area contributed by atoms with Gasteiger partial charge in [0.25, 0.3) is 10.0 Å². The summed E-state index contributed by atoms with van der Waals surface area (Å²) in [7, 11) is -12.0. The molecule has 0 atom stereocenters. The maximum absolute atomic E-state index is 12.8. The quantitative estimate of drug-likeness (QED) is 0.0320. The zero-order valence-electron chi connectivity index (χ0n) is 63.1. The molecule has 5 aromatic heterocycles. The summed E-state index contributed by atoms with van der Waals surface area (Å²) < 4.78 is 117. The Hall–Kier alpha value is -7.17. The van der Waals surface area contributed by atoms with Crippen molar-refractivity contribution >= 4 is 136 Å². The Morgan fingerprint density at radius 3 is 1.43 bits per heavy atom. The van der Waals surface area contributed by atoms with Crippen LogP contribution >= 0.6 is 82.6 Å². The van der Waals surface area contributed by atoms with Crippen LogP contribution < -0.4 is 60.2 Å². The number of anilines is 2. The van der Waals surface area contributed by atoms with Crippen molar-refractivity contribution in [2.45, 2.75) is 202 Å². The first-order chi connectivity index (χ1) is 54.0. The van der Waals surface area contributed by atoms with Gasteiger partial charge in [-0.2, -0.15) is 33.9 Å². The number of nitrogens with zero attached hydrogens (tertiary/aromatic N) is 10. The fourth-order valence-electron chi connectivity index (χ4n) is 13.9. The van der Waals surface area contributed by atoms with Crippen LogP contribution in [0.25, 0.3) is 0 Å². The van der Waals surface area contributed by atoms with E-state index >= 15 is 0 Å². The van der Waals surface area contributed by atoms with E-state index in [4.69, 9.17) is 73.5 Å². The minimum atomic E-state index is -4.21. The van der Waals surface area contributed by atoms with Gasteiger partial charge in [0.05, 0.1) is 85.1 Å². The first kappa shape index (κ1) is 90.7. The average Bonchev–Trinajstić information content (AvgIpc) is 1.63. The molecule has 8 aromatic rings. The molecule has 18 rings (SSSR count). The van der Waals surface area contributed by atoms with E-state index in [9.17, 15) is 34.8 Å². The Kier molecular flexibility index (Phi) is 34.5. The largest absolute Gasteiger partial charge is 0.478 e. The van der Waals surface area contributed by atoms with E-state index in [0.29, 0.717) is 46.0 Å². The smallest absolute Gasteiger partial charge is 0.346 e. The summed E-state index contributed by atoms with van der Waals surface area (Å²) in [5, 5.41) is 33.5. The predicted molar refractivity (Wildman–Crippen MR) is 445 cm³/mol. The van der Waals surface area contributed by atoms with Gasteiger partial charge >= 0.3 is 16.1 Å². The van der Waals surface area contributed by atoms with Gasteiger partial charge in [-0.15, -0.1) is 0 Å². The molecule has 6 aliphatic heterocycles. The molecule has 624 valence electrons. The summed E-state index contributed by atoms with van der Waals surface area (Å²) in [5.74, 6) is 2.39. The topological polar surface area (TPSA) is 436 Å². The van der Waals surface area contributed by atoms with Crippen molar-refractivity contribution in [2.24, 2.45) is 5.14 Å². The number of ketones is 1. The number of ether oxygens (including phenoxy) is 5. The van der Waals surface area contributed by atoms with Crippen LogP contribution in [0.15, 0.2) is 92.8 Å². The summed E-state index contributed by atoms with van der Waals surface area (Å²) in [6, 6.07) is 8.54. The third kappa shape index (κ3) is 24.0. The summed E-state index contributed by atoms with van der Waals surface area (Å²) in [6.45, 7) is 7.31. The number of nitrogens with two attached hydrogens (primary N) is 2. The van der Waals surface area contributed by atoms with Gasteiger partial charge in [0.15, 0.2) is 26.2 Å². The molecule has 4 aliphatic carbocycles. The van der Waals surface area contributed by atoms with Gasteiger partial charge in [-0.05, 0) is 233 Å². The van der Waals surface area contributed by atoms with E-state index in [1.54, 1.807) is 18.6 Å². The third-order valence-electron chi connectivity index (χ3n) is 19.4. The molecule has 10 aliphatic rings. The normalized spacial score (nSPS) is 16.3. The maximum Gasteiger partial charge on any atom is 0.346 e. The van der Waals surface area contributed by atoms with E-state index in [0.717, 1.165) is 172 Å². The van der Waals surface area contributed by atoms with Gasteiger partial charge in [-0.3, -0.25) is 4.79 Å². The molecular formula is C74H98Br3Cl3N16O15S3. The van der Waals surface area contributed by atoms with Crippen LogP contribution in [0.3, 0.4) is 0 Å². The predicted octanol–water partition coefficient (Wildman–Crippen LogP) is 12.7. The molecule has 40 heteroatoms. The molecule has 0 fully saturated rings. The fourth-order valence-corrected chi connectivity index (χ4v) is 18.8. The number of carbonyl (C=O) groups is 2. The Bertz CT molecular complexity index is 4870. The number of sulfonamides is 2. The summed E-state index contributed by atoms with van der Waals surface area (Å²) >= 11 is 27.8. The molecule has 114 heavy (non-hydrogen) atoms. The Balaban J connectivity index is 0.000000157. The van der Waals surface area contributed by atoms with E-state index in [-0.39, 0.29) is 70.6 Å². The van der Waals surface area contributed by atoms with Crippen molar-refractivity contribution in [2.75, 3.05) is 61.3 Å². The Labute approximate surface area is 704 Å². The van der Waals surface area contributed by atoms with Crippen molar-refractivity contribution < 1.29 is 68.2 Å². The first-order valence-corrected chi connectivity index (χ1v) is 46.3. The van der Waals surface area contributed by atoms with Gasteiger partial charge in [0.2, 0.25) is 39.4 Å². The summed E-state index contributed by atoms with van der Waals surface area (Å²) in [4.78, 5) is 22.5. The highest BCUT2D eigenvalue weighted by Crippen LogP contribution is 2.42. The highest BCUT2D eigenvalue weighted by Gasteiger charge is 2.33. The molecule has 0 saturated carbocycles. The second-order valence-corrected chi connectivity index (χ2v) is 35.8. The van der Waals surface area contributed by atoms with E-state index < -0.39 is 36.2 Å². The van der Waals surface area contributed by atoms with Crippen LogP contribution in [-0.2, 0) is 119 Å². The number of hydrogen-bond acceptors (Lipinski definition) is 22. The zero-order valence-corrected chi connectivity index (χ0v) is 72.6. The molecule has 2 amide bonds. The number of nitrogens with one attached hydrogen (secondary N) is 3. The number of rotatable bonds is 10. The van der Waals surface area contributed by atoms with Crippen LogP contribution in [0.4, 0.5) is 16.2 Å². The minimum absolute atomic E-state index is 0. The third-order valence-corrected chi connectivity index (χ3v) is 25.2. The number of amides is 2. The number of unbranched alkanes of at least 4 members (excludes halogenated alkanes) is 1. The zero-order chi connectivity index (χ0) is 79.4. The van der Waals surface area contributed by atoms with Crippen LogP contribution in [0, 0.1) is 0 Å². The maximum atomic E-state index is 12.8. The first-order valence-electron chi connectivity index (χ1n) is 37.6. The lowest BCUT2D eigenvalue weighted by molar-refractivity contribution is -0.113. The van der Waals surface area contributed by atoms with Crippen molar-refractivity contribution in [3.05, 3.63) is 138 Å². The standard InChI is InChI=1S/C20H24N4O4S.C13H11Cl3N2O4S.C12H15N.C7H9BrN2O.C7H11N3O3S.C7H10N2O.C4H8Br2.C4H5NO.H3N.H2O/c25-20(22-18-15-7-3-5-13(15)11-14-6-4-8-16(14)18)23-29(26,27)17-12-21-24-9-1-2-10-28-19(17)24;14-8-5-9(15)12(10(16)6-8)22-23(19,20)11-7-17-18-3-1-2-4-21-13(11)18;13-12-10-5-1-3-8(10)7-9-4-2-6-11(9)12;8-6-5-9-10-3-1-2-4-11-7(6)10;8-14(11,12)6-5-9-10-3-1-2-4-13-7(6)10;1-2-6-10-7-3-4-8-9(7)5-1;5-3-1-2-4-6;6-4-1-2-5-3-4;;/h11-12H,1-10H2,(H2,22,23,25);5-7H,1-4H2;7H,1-6,13H2;5H,1-4H2;5H,1-4H2,(H2,8,11,12);3-4H,1-2,5-6H2;1-4H2;1-2,5H,3H2;1H3;1H2. The molecule has 11 heterocycles.